The van der Waals surface area contributed by atoms with Crippen molar-refractivity contribution >= 4 is 27.4 Å². The van der Waals surface area contributed by atoms with Crippen molar-refractivity contribution in [1.29, 1.82) is 0 Å². The highest BCUT2D eigenvalue weighted by Gasteiger charge is 2.30. The molecule has 0 bridgehead atoms. The summed E-state index contributed by atoms with van der Waals surface area (Å²) in [7, 11) is -3.73. The third-order valence-electron chi connectivity index (χ3n) is 4.00. The molecule has 0 radical (unpaired) electrons. The smallest absolute Gasteiger partial charge is 0.292 e. The summed E-state index contributed by atoms with van der Waals surface area (Å²) in [4.78, 5) is 16.1. The van der Waals surface area contributed by atoms with E-state index in [1.165, 1.54) is 12.1 Å². The number of urea groups is 1. The van der Waals surface area contributed by atoms with E-state index in [2.05, 4.69) is 6.07 Å². The minimum absolute atomic E-state index is 0.0315. The lowest BCUT2D eigenvalue weighted by Crippen LogP contribution is -2.31. The molecule has 0 aromatic heterocycles. The van der Waals surface area contributed by atoms with Crippen molar-refractivity contribution in [3.05, 3.63) is 53.6 Å². The highest BCUT2D eigenvalue weighted by atomic mass is 32.2. The predicted molar refractivity (Wildman–Crippen MR) is 93.8 cm³/mol. The Balaban J connectivity index is 1.86. The molecule has 1 fully saturated rings. The first-order chi connectivity index (χ1) is 11.3. The second kappa shape index (κ2) is 5.92. The normalized spacial score (nSPS) is 15.2. The lowest BCUT2D eigenvalue weighted by molar-refractivity contribution is 0.256. The van der Waals surface area contributed by atoms with Crippen LogP contribution in [0.4, 0.5) is 16.2 Å². The minimum atomic E-state index is -3.73. The largest absolute Gasteiger partial charge is 0.329 e. The Kier molecular flexibility index (Phi) is 4.06. The molecular weight excluding hydrogens is 326 g/mol. The van der Waals surface area contributed by atoms with Crippen LogP contribution >= 0.6 is 0 Å². The Labute approximate surface area is 141 Å². The number of nitrogens with zero attached hydrogens (tertiary/aromatic N) is 2. The van der Waals surface area contributed by atoms with E-state index in [4.69, 9.17) is 5.14 Å². The van der Waals surface area contributed by atoms with Crippen molar-refractivity contribution in [2.45, 2.75) is 18.7 Å². The van der Waals surface area contributed by atoms with Crippen molar-refractivity contribution in [2.24, 2.45) is 5.14 Å². The maximum atomic E-state index is 12.7. The molecule has 2 amide bonds. The van der Waals surface area contributed by atoms with Crippen LogP contribution in [-0.2, 0) is 10.0 Å². The molecule has 0 unspecified atom stereocenters. The van der Waals surface area contributed by atoms with E-state index < -0.39 is 10.0 Å². The molecular formula is C17H19N3O3S. The second-order valence-corrected chi connectivity index (χ2v) is 7.53. The van der Waals surface area contributed by atoms with Gasteiger partial charge in [0.25, 0.3) is 0 Å². The summed E-state index contributed by atoms with van der Waals surface area (Å²) in [5.74, 6) is 0. The molecule has 126 valence electrons. The zero-order chi connectivity index (χ0) is 17.5. The summed E-state index contributed by atoms with van der Waals surface area (Å²) in [6.45, 7) is 5.13. The van der Waals surface area contributed by atoms with E-state index in [9.17, 15) is 13.2 Å². The Hall–Kier alpha value is -2.38. The number of hydrogen-bond acceptors (Lipinski definition) is 3. The number of anilines is 2. The SMILES string of the molecule is Cc1cc(C)cc(N2CCN(c3ccc(S(N)(=O)=O)cc3)C2=O)c1. The molecule has 24 heavy (non-hydrogen) atoms. The molecule has 2 aromatic rings. The van der Waals surface area contributed by atoms with Gasteiger partial charge < -0.3 is 0 Å². The number of nitrogens with two attached hydrogens (primary N) is 1. The minimum Gasteiger partial charge on any atom is -0.292 e. The van der Waals surface area contributed by atoms with Crippen molar-refractivity contribution in [3.63, 3.8) is 0 Å². The van der Waals surface area contributed by atoms with Gasteiger partial charge in [-0.1, -0.05) is 6.07 Å². The lowest BCUT2D eigenvalue weighted by atomic mass is 10.1. The van der Waals surface area contributed by atoms with Crippen LogP contribution in [0, 0.1) is 13.8 Å². The number of hydrogen-bond donors (Lipinski definition) is 1. The first-order valence-corrected chi connectivity index (χ1v) is 9.10. The fraction of sp³-hybridized carbons (Fsp3) is 0.235. The van der Waals surface area contributed by atoms with Crippen LogP contribution in [0.5, 0.6) is 0 Å². The number of amides is 2. The van der Waals surface area contributed by atoms with Crippen LogP contribution < -0.4 is 14.9 Å². The van der Waals surface area contributed by atoms with Gasteiger partial charge in [0.15, 0.2) is 0 Å². The van der Waals surface area contributed by atoms with E-state index >= 15 is 0 Å². The average Bonchev–Trinajstić information content (AvgIpc) is 2.87. The third-order valence-corrected chi connectivity index (χ3v) is 4.93. The fourth-order valence-corrected chi connectivity index (χ4v) is 3.45. The molecule has 1 heterocycles. The van der Waals surface area contributed by atoms with Crippen LogP contribution in [0.3, 0.4) is 0 Å². The molecule has 0 saturated carbocycles. The van der Waals surface area contributed by atoms with Gasteiger partial charge >= 0.3 is 6.03 Å². The van der Waals surface area contributed by atoms with Gasteiger partial charge in [0, 0.05) is 24.5 Å². The van der Waals surface area contributed by atoms with Gasteiger partial charge in [-0.25, -0.2) is 18.4 Å². The molecule has 0 aliphatic carbocycles. The van der Waals surface area contributed by atoms with E-state index in [1.807, 2.05) is 26.0 Å². The molecule has 0 atom stereocenters. The molecule has 0 spiro atoms. The quantitative estimate of drug-likeness (QED) is 0.927. The highest BCUT2D eigenvalue weighted by molar-refractivity contribution is 7.89. The lowest BCUT2D eigenvalue weighted by Gasteiger charge is -2.19. The van der Waals surface area contributed by atoms with Crippen LogP contribution in [0.15, 0.2) is 47.4 Å². The van der Waals surface area contributed by atoms with E-state index in [0.717, 1.165) is 16.8 Å². The number of carbonyl (C=O) groups excluding carboxylic acids is 1. The van der Waals surface area contributed by atoms with Gasteiger partial charge in [0.2, 0.25) is 10.0 Å². The molecule has 3 rings (SSSR count). The molecule has 2 N–H and O–H groups in total. The first-order valence-electron chi connectivity index (χ1n) is 7.56. The Morgan fingerprint density at radius 3 is 1.88 bits per heavy atom. The molecule has 6 nitrogen and oxygen atoms in total. The number of sulfonamides is 1. The summed E-state index contributed by atoms with van der Waals surface area (Å²) in [6.07, 6.45) is 0. The standard InChI is InChI=1S/C17H19N3O3S/c1-12-9-13(2)11-15(10-12)20-8-7-19(17(20)21)14-3-5-16(6-4-14)24(18,22)23/h3-6,9-11H,7-8H2,1-2H3,(H2,18,22,23). The van der Waals surface area contributed by atoms with Crippen molar-refractivity contribution in [3.8, 4) is 0 Å². The van der Waals surface area contributed by atoms with E-state index in [-0.39, 0.29) is 10.9 Å². The summed E-state index contributed by atoms with van der Waals surface area (Å²) in [6, 6.07) is 11.9. The van der Waals surface area contributed by atoms with Crippen LogP contribution in [-0.4, -0.2) is 27.5 Å². The maximum absolute atomic E-state index is 12.7. The monoisotopic (exact) mass is 345 g/mol. The van der Waals surface area contributed by atoms with E-state index in [0.29, 0.717) is 18.8 Å². The van der Waals surface area contributed by atoms with Gasteiger partial charge in [-0.15, -0.1) is 0 Å². The topological polar surface area (TPSA) is 83.7 Å². The van der Waals surface area contributed by atoms with Gasteiger partial charge in [-0.3, -0.25) is 9.80 Å². The first kappa shape index (κ1) is 16.5. The highest BCUT2D eigenvalue weighted by Crippen LogP contribution is 2.27. The van der Waals surface area contributed by atoms with Gasteiger partial charge in [-0.2, -0.15) is 0 Å². The van der Waals surface area contributed by atoms with Crippen molar-refractivity contribution in [2.75, 3.05) is 22.9 Å². The third kappa shape index (κ3) is 3.13. The summed E-state index contributed by atoms with van der Waals surface area (Å²) in [5.41, 5.74) is 3.74. The predicted octanol–water partition coefficient (Wildman–Crippen LogP) is 2.40. The zero-order valence-corrected chi connectivity index (χ0v) is 14.4. The molecule has 1 saturated heterocycles. The van der Waals surface area contributed by atoms with Gasteiger partial charge in [0.05, 0.1) is 4.90 Å². The number of benzene rings is 2. The fourth-order valence-electron chi connectivity index (χ4n) is 2.94. The number of aryl methyl sites for hydroxylation is 2. The summed E-state index contributed by atoms with van der Waals surface area (Å²) in [5, 5.41) is 5.10. The number of rotatable bonds is 3. The van der Waals surface area contributed by atoms with Crippen molar-refractivity contribution in [1.82, 2.24) is 0 Å². The summed E-state index contributed by atoms with van der Waals surface area (Å²) >= 11 is 0. The number of primary sulfonamides is 1. The van der Waals surface area contributed by atoms with Crippen LogP contribution in [0.2, 0.25) is 0 Å². The van der Waals surface area contributed by atoms with Crippen molar-refractivity contribution < 1.29 is 13.2 Å². The molecule has 2 aromatic carbocycles. The maximum Gasteiger partial charge on any atom is 0.329 e. The Morgan fingerprint density at radius 1 is 0.875 bits per heavy atom. The Morgan fingerprint density at radius 2 is 1.38 bits per heavy atom. The average molecular weight is 345 g/mol. The molecule has 1 aliphatic heterocycles. The number of carbonyl (C=O) groups is 1. The summed E-state index contributed by atoms with van der Waals surface area (Å²) < 4.78 is 22.6. The van der Waals surface area contributed by atoms with E-state index in [1.54, 1.807) is 21.9 Å². The zero-order valence-electron chi connectivity index (χ0n) is 13.6. The van der Waals surface area contributed by atoms with Crippen LogP contribution in [0.1, 0.15) is 11.1 Å². The van der Waals surface area contributed by atoms with Gasteiger partial charge in [0.1, 0.15) is 0 Å². The Bertz CT molecular complexity index is 872. The second-order valence-electron chi connectivity index (χ2n) is 5.97. The van der Waals surface area contributed by atoms with Crippen LogP contribution in [0.25, 0.3) is 0 Å². The molecule has 1 aliphatic rings. The molecule has 7 heteroatoms. The van der Waals surface area contributed by atoms with Gasteiger partial charge in [-0.05, 0) is 61.4 Å².